The Hall–Kier alpha value is -4.82. The molecule has 3 N–H and O–H groups in total. The molecule has 0 spiro atoms. The molecule has 0 fully saturated rings. The second-order valence-corrected chi connectivity index (χ2v) is 11.1. The maximum Gasteiger partial charge on any atom is 0.323 e. The van der Waals surface area contributed by atoms with Gasteiger partial charge in [0, 0.05) is 36.1 Å². The molecule has 0 bridgehead atoms. The molecule has 10 nitrogen and oxygen atoms in total. The van der Waals surface area contributed by atoms with Crippen molar-refractivity contribution in [2.75, 3.05) is 19.8 Å². The number of nitrogens with one attached hydrogen (secondary N) is 1. The number of fused-ring (bicyclic) bond motifs is 2. The fourth-order valence-corrected chi connectivity index (χ4v) is 5.79. The highest BCUT2D eigenvalue weighted by atomic mass is 35.5. The standard InChI is InChI=1S/C34H30ClN3O7/c35-27-11-23(17-38-28(18-39)34(40)41)31(44-19-21-10-20(14-36)15-37-16-21)13-32(27)45-29-7-5-25-24(2-1-3-26(25)29)22-4-6-30-33(12-22)43-9-8-42-30/h1-4,6,10-13,15-16,28-29,38-39H,5,7-9,17-19H2,(H,40,41)/t28-,29-/m0/s1. The van der Waals surface area contributed by atoms with E-state index in [2.05, 4.69) is 28.5 Å². The molecular weight excluding hydrogens is 598 g/mol. The van der Waals surface area contributed by atoms with Crippen molar-refractivity contribution in [3.63, 3.8) is 0 Å². The van der Waals surface area contributed by atoms with Gasteiger partial charge in [-0.3, -0.25) is 15.1 Å². The molecule has 1 aromatic heterocycles. The SMILES string of the molecule is N#Cc1cncc(COc2cc(O[C@H]3CCc4c(-c5ccc6c(c5)OCCO6)cccc43)c(Cl)cc2CN[C@@H](CO)C(=O)O)c1. The van der Waals surface area contributed by atoms with Crippen molar-refractivity contribution in [2.45, 2.75) is 38.1 Å². The Morgan fingerprint density at radius 2 is 1.96 bits per heavy atom. The van der Waals surface area contributed by atoms with Gasteiger partial charge in [-0.1, -0.05) is 35.9 Å². The molecule has 45 heavy (non-hydrogen) atoms. The first-order valence-corrected chi connectivity index (χ1v) is 14.9. The lowest BCUT2D eigenvalue weighted by molar-refractivity contribution is -0.140. The third-order valence-corrected chi connectivity index (χ3v) is 8.09. The Labute approximate surface area is 264 Å². The average molecular weight is 628 g/mol. The van der Waals surface area contributed by atoms with E-state index in [0.29, 0.717) is 46.4 Å². The molecule has 1 aliphatic heterocycles. The van der Waals surface area contributed by atoms with Crippen LogP contribution in [0, 0.1) is 11.3 Å². The number of rotatable bonds is 11. The van der Waals surface area contributed by atoms with Crippen LogP contribution in [-0.4, -0.2) is 47.0 Å². The van der Waals surface area contributed by atoms with Crippen molar-refractivity contribution in [3.05, 3.63) is 99.8 Å². The Morgan fingerprint density at radius 3 is 2.76 bits per heavy atom. The lowest BCUT2D eigenvalue weighted by Crippen LogP contribution is -2.39. The predicted molar refractivity (Wildman–Crippen MR) is 165 cm³/mol. The van der Waals surface area contributed by atoms with Crippen LogP contribution in [0.5, 0.6) is 23.0 Å². The number of benzene rings is 3. The number of halogens is 1. The van der Waals surface area contributed by atoms with Crippen LogP contribution in [0.2, 0.25) is 5.02 Å². The zero-order valence-corrected chi connectivity index (χ0v) is 24.9. The molecule has 6 rings (SSSR count). The van der Waals surface area contributed by atoms with E-state index in [-0.39, 0.29) is 19.3 Å². The van der Waals surface area contributed by atoms with E-state index in [9.17, 15) is 20.3 Å². The van der Waals surface area contributed by atoms with Gasteiger partial charge < -0.3 is 29.2 Å². The number of ether oxygens (including phenoxy) is 4. The second kappa shape index (κ2) is 13.4. The number of carbonyl (C=O) groups is 1. The molecule has 3 aromatic carbocycles. The van der Waals surface area contributed by atoms with E-state index in [1.807, 2.05) is 24.3 Å². The molecule has 4 aromatic rings. The molecular formula is C34H30ClN3O7. The van der Waals surface area contributed by atoms with E-state index in [1.165, 1.54) is 11.8 Å². The summed E-state index contributed by atoms with van der Waals surface area (Å²) in [5, 5.41) is 31.2. The van der Waals surface area contributed by atoms with E-state index >= 15 is 0 Å². The van der Waals surface area contributed by atoms with Gasteiger partial charge in [-0.2, -0.15) is 5.26 Å². The Kier molecular flexibility index (Phi) is 9.03. The van der Waals surface area contributed by atoms with Gasteiger partial charge in [0.2, 0.25) is 0 Å². The molecule has 0 saturated carbocycles. The van der Waals surface area contributed by atoms with Gasteiger partial charge in [0.1, 0.15) is 49.5 Å². The van der Waals surface area contributed by atoms with E-state index in [1.54, 1.807) is 24.4 Å². The van der Waals surface area contributed by atoms with Gasteiger partial charge in [0.15, 0.2) is 11.5 Å². The predicted octanol–water partition coefficient (Wildman–Crippen LogP) is 5.23. The van der Waals surface area contributed by atoms with Crippen LogP contribution in [0.25, 0.3) is 11.1 Å². The van der Waals surface area contributed by atoms with E-state index in [0.717, 1.165) is 41.0 Å². The highest BCUT2D eigenvalue weighted by molar-refractivity contribution is 6.32. The summed E-state index contributed by atoms with van der Waals surface area (Å²) < 4.78 is 24.2. The summed E-state index contributed by atoms with van der Waals surface area (Å²) in [5.74, 6) is 1.13. The maximum absolute atomic E-state index is 11.5. The van der Waals surface area contributed by atoms with Gasteiger partial charge in [0.25, 0.3) is 0 Å². The van der Waals surface area contributed by atoms with Gasteiger partial charge >= 0.3 is 5.97 Å². The lowest BCUT2D eigenvalue weighted by atomic mass is 9.96. The number of aliphatic hydroxyl groups is 1. The van der Waals surface area contributed by atoms with Gasteiger partial charge in [-0.25, -0.2) is 0 Å². The van der Waals surface area contributed by atoms with Crippen LogP contribution in [-0.2, 0) is 24.4 Å². The van der Waals surface area contributed by atoms with Gasteiger partial charge in [0.05, 0.1) is 17.2 Å². The second-order valence-electron chi connectivity index (χ2n) is 10.7. The Morgan fingerprint density at radius 1 is 1.11 bits per heavy atom. The van der Waals surface area contributed by atoms with Crippen molar-refractivity contribution in [3.8, 4) is 40.2 Å². The van der Waals surface area contributed by atoms with Crippen molar-refractivity contribution >= 4 is 17.6 Å². The van der Waals surface area contributed by atoms with Gasteiger partial charge in [-0.05, 0) is 59.4 Å². The summed E-state index contributed by atoms with van der Waals surface area (Å²) in [6, 6.07) is 18.1. The Bertz CT molecular complexity index is 1770. The number of aliphatic carboxylic acids is 1. The van der Waals surface area contributed by atoms with Crippen LogP contribution in [0.15, 0.2) is 67.0 Å². The molecule has 0 radical (unpaired) electrons. The van der Waals surface area contributed by atoms with Crippen molar-refractivity contribution in [2.24, 2.45) is 0 Å². The highest BCUT2D eigenvalue weighted by Gasteiger charge is 2.28. The molecule has 2 heterocycles. The number of carboxylic acid groups (broad SMARTS) is 1. The van der Waals surface area contributed by atoms with Crippen molar-refractivity contribution in [1.29, 1.82) is 5.26 Å². The average Bonchev–Trinajstić information content (AvgIpc) is 3.48. The van der Waals surface area contributed by atoms with Crippen LogP contribution < -0.4 is 24.3 Å². The first-order chi connectivity index (χ1) is 21.9. The number of aromatic nitrogens is 1. The molecule has 11 heteroatoms. The topological polar surface area (TPSA) is 143 Å². The zero-order chi connectivity index (χ0) is 31.3. The van der Waals surface area contributed by atoms with E-state index < -0.39 is 18.6 Å². The molecule has 2 atom stereocenters. The first kappa shape index (κ1) is 30.2. The van der Waals surface area contributed by atoms with Crippen LogP contribution in [0.1, 0.15) is 40.3 Å². The van der Waals surface area contributed by atoms with Crippen LogP contribution in [0.4, 0.5) is 0 Å². The summed E-state index contributed by atoms with van der Waals surface area (Å²) in [6.07, 6.45) is 4.37. The smallest absolute Gasteiger partial charge is 0.323 e. The molecule has 0 saturated heterocycles. The highest BCUT2D eigenvalue weighted by Crippen LogP contribution is 2.44. The molecule has 0 amide bonds. The zero-order valence-electron chi connectivity index (χ0n) is 24.2. The number of aliphatic hydroxyl groups excluding tert-OH is 1. The van der Waals surface area contributed by atoms with Gasteiger partial charge in [-0.15, -0.1) is 0 Å². The van der Waals surface area contributed by atoms with E-state index in [4.69, 9.17) is 30.5 Å². The summed E-state index contributed by atoms with van der Waals surface area (Å²) in [4.78, 5) is 15.5. The minimum Gasteiger partial charge on any atom is -0.488 e. The number of nitrogens with zero attached hydrogens (tertiary/aromatic N) is 2. The maximum atomic E-state index is 11.5. The minimum atomic E-state index is -1.18. The van der Waals surface area contributed by atoms with Crippen LogP contribution >= 0.6 is 11.6 Å². The summed E-state index contributed by atoms with van der Waals surface area (Å²) in [6.45, 7) is 0.641. The number of hydrogen-bond donors (Lipinski definition) is 3. The third-order valence-electron chi connectivity index (χ3n) is 7.79. The summed E-state index contributed by atoms with van der Waals surface area (Å²) in [7, 11) is 0. The molecule has 0 unspecified atom stereocenters. The number of pyridine rings is 1. The number of carboxylic acids is 1. The summed E-state index contributed by atoms with van der Waals surface area (Å²) >= 11 is 6.72. The fourth-order valence-electron chi connectivity index (χ4n) is 5.56. The third kappa shape index (κ3) is 6.66. The quantitative estimate of drug-likeness (QED) is 0.202. The molecule has 1 aliphatic carbocycles. The minimum absolute atomic E-state index is 0.0640. The van der Waals surface area contributed by atoms with Crippen molar-refractivity contribution < 1.29 is 34.0 Å². The normalized spacial score (nSPS) is 15.5. The monoisotopic (exact) mass is 627 g/mol. The first-order valence-electron chi connectivity index (χ1n) is 14.5. The Balaban J connectivity index is 1.27. The largest absolute Gasteiger partial charge is 0.488 e. The number of nitriles is 1. The van der Waals surface area contributed by atoms with Crippen LogP contribution in [0.3, 0.4) is 0 Å². The molecule has 2 aliphatic rings. The van der Waals surface area contributed by atoms with Crippen molar-refractivity contribution in [1.82, 2.24) is 10.3 Å². The number of hydrogen-bond acceptors (Lipinski definition) is 9. The molecule has 230 valence electrons. The lowest BCUT2D eigenvalue weighted by Gasteiger charge is -2.21. The summed E-state index contributed by atoms with van der Waals surface area (Å²) in [5.41, 5.74) is 6.07. The fraction of sp³-hybridized carbons (Fsp3) is 0.265.